The minimum absolute atomic E-state index is 0.113. The molecule has 5 heteroatoms. The van der Waals surface area contributed by atoms with E-state index in [9.17, 15) is 9.90 Å². The van der Waals surface area contributed by atoms with E-state index in [2.05, 4.69) is 4.98 Å². The molecule has 2 aromatic carbocycles. The molecule has 3 aromatic rings. The quantitative estimate of drug-likeness (QED) is 0.784. The summed E-state index contributed by atoms with van der Waals surface area (Å²) in [6.07, 6.45) is 0.664. The lowest BCUT2D eigenvalue weighted by Gasteiger charge is -2.14. The maximum absolute atomic E-state index is 12.3. The van der Waals surface area contributed by atoms with Crippen LogP contribution in [0, 0.1) is 6.92 Å². The molecule has 1 unspecified atom stereocenters. The van der Waals surface area contributed by atoms with Crippen LogP contribution < -0.4 is 10.3 Å². The van der Waals surface area contributed by atoms with Gasteiger partial charge in [-0.2, -0.15) is 0 Å². The van der Waals surface area contributed by atoms with E-state index in [-0.39, 0.29) is 18.7 Å². The fraction of sp³-hybridized carbons (Fsp3) is 0.222. The molecule has 0 spiro atoms. The molecule has 0 saturated heterocycles. The first kappa shape index (κ1) is 15.2. The number of ether oxygens (including phenoxy) is 1. The second-order valence-electron chi connectivity index (χ2n) is 5.50. The van der Waals surface area contributed by atoms with Crippen molar-refractivity contribution in [1.29, 1.82) is 0 Å². The van der Waals surface area contributed by atoms with Crippen molar-refractivity contribution in [1.82, 2.24) is 9.55 Å². The highest BCUT2D eigenvalue weighted by atomic mass is 16.5. The summed E-state index contributed by atoms with van der Waals surface area (Å²) in [5.74, 6) is 0.693. The number of aliphatic hydroxyl groups is 1. The van der Waals surface area contributed by atoms with E-state index in [0.29, 0.717) is 16.7 Å². The normalized spacial score (nSPS) is 12.3. The van der Waals surface area contributed by atoms with Crippen molar-refractivity contribution in [3.05, 3.63) is 70.8 Å². The number of hydrogen-bond acceptors (Lipinski definition) is 4. The number of nitrogens with zero attached hydrogens (tertiary/aromatic N) is 2. The largest absolute Gasteiger partial charge is 0.491 e. The highest BCUT2D eigenvalue weighted by Gasteiger charge is 2.10. The molecule has 0 amide bonds. The van der Waals surface area contributed by atoms with Gasteiger partial charge in [0.15, 0.2) is 0 Å². The van der Waals surface area contributed by atoms with Crippen LogP contribution in [-0.4, -0.2) is 27.4 Å². The molecule has 23 heavy (non-hydrogen) atoms. The average Bonchev–Trinajstić information content (AvgIpc) is 2.57. The molecule has 118 valence electrons. The van der Waals surface area contributed by atoms with Gasteiger partial charge in [-0.05, 0) is 31.2 Å². The summed E-state index contributed by atoms with van der Waals surface area (Å²) < 4.78 is 6.94. The molecule has 1 N–H and O–H groups in total. The number of benzene rings is 2. The third-order valence-electron chi connectivity index (χ3n) is 3.60. The van der Waals surface area contributed by atoms with Gasteiger partial charge in [-0.25, -0.2) is 4.98 Å². The molecule has 0 aliphatic heterocycles. The van der Waals surface area contributed by atoms with Crippen molar-refractivity contribution in [2.45, 2.75) is 19.6 Å². The molecule has 0 radical (unpaired) electrons. The molecular weight excluding hydrogens is 292 g/mol. The fourth-order valence-corrected chi connectivity index (χ4v) is 2.34. The molecule has 1 atom stereocenters. The van der Waals surface area contributed by atoms with Gasteiger partial charge in [0.2, 0.25) is 0 Å². The van der Waals surface area contributed by atoms with Crippen LogP contribution in [0.2, 0.25) is 0 Å². The van der Waals surface area contributed by atoms with E-state index < -0.39 is 6.10 Å². The molecule has 1 aromatic heterocycles. The first-order valence-electron chi connectivity index (χ1n) is 7.45. The summed E-state index contributed by atoms with van der Waals surface area (Å²) in [4.78, 5) is 16.6. The molecule has 1 heterocycles. The molecule has 5 nitrogen and oxygen atoms in total. The number of aryl methyl sites for hydroxylation is 1. The van der Waals surface area contributed by atoms with Gasteiger partial charge in [-0.1, -0.05) is 29.8 Å². The molecule has 3 rings (SSSR count). The van der Waals surface area contributed by atoms with Gasteiger partial charge >= 0.3 is 0 Å². The SMILES string of the molecule is Cc1ccc(OCC(O)Cn2cnc3ccccc3c2=O)cc1. The lowest BCUT2D eigenvalue weighted by Crippen LogP contribution is -2.30. The smallest absolute Gasteiger partial charge is 0.261 e. The summed E-state index contributed by atoms with van der Waals surface area (Å²) in [7, 11) is 0. The monoisotopic (exact) mass is 310 g/mol. The zero-order valence-corrected chi connectivity index (χ0v) is 12.8. The summed E-state index contributed by atoms with van der Waals surface area (Å²) in [6, 6.07) is 14.8. The Labute approximate surface area is 133 Å². The zero-order chi connectivity index (χ0) is 16.2. The molecule has 0 saturated carbocycles. The summed E-state index contributed by atoms with van der Waals surface area (Å²) in [5, 5.41) is 10.6. The van der Waals surface area contributed by atoms with Crippen LogP contribution in [0.15, 0.2) is 59.7 Å². The number of hydrogen-bond donors (Lipinski definition) is 1. The van der Waals surface area contributed by atoms with E-state index in [4.69, 9.17) is 4.74 Å². The Morgan fingerprint density at radius 3 is 2.70 bits per heavy atom. The van der Waals surface area contributed by atoms with Crippen molar-refractivity contribution in [3.8, 4) is 5.75 Å². The average molecular weight is 310 g/mol. The van der Waals surface area contributed by atoms with Crippen molar-refractivity contribution >= 4 is 10.9 Å². The van der Waals surface area contributed by atoms with Crippen LogP contribution >= 0.6 is 0 Å². The van der Waals surface area contributed by atoms with E-state index >= 15 is 0 Å². The molecular formula is C18H18N2O3. The van der Waals surface area contributed by atoms with Crippen molar-refractivity contribution in [2.24, 2.45) is 0 Å². The van der Waals surface area contributed by atoms with Gasteiger partial charge in [0.25, 0.3) is 5.56 Å². The number of aromatic nitrogens is 2. The molecule has 0 fully saturated rings. The van der Waals surface area contributed by atoms with E-state index in [1.54, 1.807) is 18.2 Å². The lowest BCUT2D eigenvalue weighted by atomic mass is 10.2. The number of aliphatic hydroxyl groups excluding tert-OH is 1. The Bertz CT molecular complexity index is 856. The van der Waals surface area contributed by atoms with E-state index in [0.717, 1.165) is 5.56 Å². The van der Waals surface area contributed by atoms with Crippen LogP contribution in [0.4, 0.5) is 0 Å². The Balaban J connectivity index is 1.68. The van der Waals surface area contributed by atoms with Gasteiger partial charge in [0.1, 0.15) is 18.5 Å². The standard InChI is InChI=1S/C18H18N2O3/c1-13-6-8-15(9-7-13)23-11-14(21)10-20-12-19-17-5-3-2-4-16(17)18(20)22/h2-9,12,14,21H,10-11H2,1H3. The van der Waals surface area contributed by atoms with Crippen LogP contribution in [0.1, 0.15) is 5.56 Å². The first-order valence-corrected chi connectivity index (χ1v) is 7.45. The van der Waals surface area contributed by atoms with Crippen LogP contribution in [-0.2, 0) is 6.54 Å². The third-order valence-corrected chi connectivity index (χ3v) is 3.60. The third kappa shape index (κ3) is 3.57. The van der Waals surface area contributed by atoms with Crippen LogP contribution in [0.3, 0.4) is 0 Å². The van der Waals surface area contributed by atoms with Crippen molar-refractivity contribution in [2.75, 3.05) is 6.61 Å². The fourth-order valence-electron chi connectivity index (χ4n) is 2.34. The Kier molecular flexibility index (Phi) is 4.39. The van der Waals surface area contributed by atoms with Gasteiger partial charge in [0.05, 0.1) is 23.8 Å². The Morgan fingerprint density at radius 2 is 1.91 bits per heavy atom. The number of rotatable bonds is 5. The van der Waals surface area contributed by atoms with Crippen LogP contribution in [0.5, 0.6) is 5.75 Å². The predicted octanol–water partition coefficient (Wildman–Crippen LogP) is 2.14. The number of fused-ring (bicyclic) bond motifs is 1. The summed E-state index contributed by atoms with van der Waals surface area (Å²) >= 11 is 0. The van der Waals surface area contributed by atoms with Gasteiger partial charge in [-0.3, -0.25) is 9.36 Å². The molecule has 0 aliphatic rings. The van der Waals surface area contributed by atoms with E-state index in [1.165, 1.54) is 10.9 Å². The van der Waals surface area contributed by atoms with Gasteiger partial charge < -0.3 is 9.84 Å². The second kappa shape index (κ2) is 6.62. The van der Waals surface area contributed by atoms with Gasteiger partial charge in [-0.15, -0.1) is 0 Å². The van der Waals surface area contributed by atoms with Gasteiger partial charge in [0, 0.05) is 0 Å². The minimum atomic E-state index is -0.794. The highest BCUT2D eigenvalue weighted by molar-refractivity contribution is 5.76. The van der Waals surface area contributed by atoms with Crippen molar-refractivity contribution in [3.63, 3.8) is 0 Å². The van der Waals surface area contributed by atoms with E-state index in [1.807, 2.05) is 37.3 Å². The Hall–Kier alpha value is -2.66. The molecule has 0 aliphatic carbocycles. The minimum Gasteiger partial charge on any atom is -0.491 e. The van der Waals surface area contributed by atoms with Crippen LogP contribution in [0.25, 0.3) is 10.9 Å². The first-order chi connectivity index (χ1) is 11.1. The number of para-hydroxylation sites is 1. The van der Waals surface area contributed by atoms with Crippen molar-refractivity contribution < 1.29 is 9.84 Å². The summed E-state index contributed by atoms with van der Waals surface area (Å²) in [6.45, 7) is 2.25. The highest BCUT2D eigenvalue weighted by Crippen LogP contribution is 2.12. The zero-order valence-electron chi connectivity index (χ0n) is 12.8. The second-order valence-corrected chi connectivity index (χ2v) is 5.50. The summed E-state index contributed by atoms with van der Waals surface area (Å²) in [5.41, 5.74) is 1.64. The maximum Gasteiger partial charge on any atom is 0.261 e. The topological polar surface area (TPSA) is 64.3 Å². The Morgan fingerprint density at radius 1 is 1.17 bits per heavy atom. The lowest BCUT2D eigenvalue weighted by molar-refractivity contribution is 0.0915. The predicted molar refractivity (Wildman–Crippen MR) is 88.7 cm³/mol. The molecule has 0 bridgehead atoms. The maximum atomic E-state index is 12.3.